The Balaban J connectivity index is 1.48. The predicted molar refractivity (Wildman–Crippen MR) is 131 cm³/mol. The Bertz CT molecular complexity index is 1240. The number of benzene rings is 2. The molecule has 0 atom stereocenters. The van der Waals surface area contributed by atoms with E-state index in [1.54, 1.807) is 18.0 Å². The van der Waals surface area contributed by atoms with Crippen LogP contribution in [-0.4, -0.2) is 44.0 Å². The van der Waals surface area contributed by atoms with Gasteiger partial charge in [-0.05, 0) is 29.3 Å². The van der Waals surface area contributed by atoms with Crippen LogP contribution in [0.5, 0.6) is 0 Å². The number of carbonyl (C=O) groups excluding carboxylic acids is 1. The van der Waals surface area contributed by atoms with E-state index in [2.05, 4.69) is 41.5 Å². The highest BCUT2D eigenvalue weighted by molar-refractivity contribution is 7.99. The van der Waals surface area contributed by atoms with E-state index in [4.69, 9.17) is 4.98 Å². The fourth-order valence-corrected chi connectivity index (χ4v) is 4.15. The Hall–Kier alpha value is -3.13. The average Bonchev–Trinajstić information content (AvgIpc) is 3.19. The van der Waals surface area contributed by atoms with Gasteiger partial charge >= 0.3 is 0 Å². The first-order valence-electron chi connectivity index (χ1n) is 11.0. The van der Waals surface area contributed by atoms with Crippen LogP contribution in [-0.2, 0) is 6.54 Å². The van der Waals surface area contributed by atoms with Gasteiger partial charge in [-0.3, -0.25) is 4.79 Å². The van der Waals surface area contributed by atoms with Crippen LogP contribution in [0.3, 0.4) is 0 Å². The third kappa shape index (κ3) is 5.02. The lowest BCUT2D eigenvalue weighted by atomic mass is 10.1. The lowest BCUT2D eigenvalue weighted by Gasteiger charge is -2.10. The number of amides is 1. The van der Waals surface area contributed by atoms with Gasteiger partial charge in [0.2, 0.25) is 0 Å². The highest BCUT2D eigenvalue weighted by atomic mass is 32.2. The Morgan fingerprint density at radius 3 is 2.69 bits per heavy atom. The highest BCUT2D eigenvalue weighted by Crippen LogP contribution is 2.26. The molecule has 8 heteroatoms. The number of nitrogens with one attached hydrogen (secondary N) is 2. The molecule has 32 heavy (non-hydrogen) atoms. The number of nitrogens with zero attached hydrogens (tertiary/aromatic N) is 4. The van der Waals surface area contributed by atoms with Crippen LogP contribution in [0, 0.1) is 0 Å². The molecule has 0 radical (unpaired) electrons. The van der Waals surface area contributed by atoms with Crippen LogP contribution in [0.15, 0.2) is 53.8 Å². The number of rotatable bonds is 9. The molecule has 1 amide bonds. The van der Waals surface area contributed by atoms with Crippen molar-refractivity contribution >= 4 is 45.3 Å². The summed E-state index contributed by atoms with van der Waals surface area (Å²) in [5, 5.41) is 15.1. The number of aromatic nitrogens is 4. The summed E-state index contributed by atoms with van der Waals surface area (Å²) in [5.74, 6) is 0.717. The molecule has 4 aromatic rings. The van der Waals surface area contributed by atoms with Gasteiger partial charge in [0.1, 0.15) is 5.82 Å². The van der Waals surface area contributed by atoms with E-state index in [1.807, 2.05) is 47.1 Å². The second-order valence-electron chi connectivity index (χ2n) is 7.87. The molecular weight excluding hydrogens is 420 g/mol. The molecule has 7 nitrogen and oxygen atoms in total. The van der Waals surface area contributed by atoms with Crippen LogP contribution < -0.4 is 10.6 Å². The summed E-state index contributed by atoms with van der Waals surface area (Å²) < 4.78 is 1.83. The summed E-state index contributed by atoms with van der Waals surface area (Å²) in [5.41, 5.74) is 1.43. The molecule has 4 rings (SSSR count). The first-order chi connectivity index (χ1) is 15.5. The van der Waals surface area contributed by atoms with Gasteiger partial charge in [0.15, 0.2) is 10.8 Å². The maximum atomic E-state index is 12.6. The third-order valence-corrected chi connectivity index (χ3v) is 5.84. The van der Waals surface area contributed by atoms with Crippen molar-refractivity contribution in [1.29, 1.82) is 0 Å². The van der Waals surface area contributed by atoms with Crippen molar-refractivity contribution in [2.45, 2.75) is 44.1 Å². The molecule has 0 unspecified atom stereocenters. The molecule has 0 spiro atoms. The van der Waals surface area contributed by atoms with E-state index in [1.165, 1.54) is 0 Å². The highest BCUT2D eigenvalue weighted by Gasteiger charge is 2.14. The van der Waals surface area contributed by atoms with E-state index < -0.39 is 0 Å². The van der Waals surface area contributed by atoms with E-state index in [-0.39, 0.29) is 5.91 Å². The summed E-state index contributed by atoms with van der Waals surface area (Å²) in [6, 6.07) is 13.8. The zero-order chi connectivity index (χ0) is 22.5. The van der Waals surface area contributed by atoms with Gasteiger partial charge in [0.25, 0.3) is 5.91 Å². The molecular formula is C24H28N6OS. The van der Waals surface area contributed by atoms with Gasteiger partial charge in [-0.15, -0.1) is 0 Å². The Labute approximate surface area is 192 Å². The van der Waals surface area contributed by atoms with Gasteiger partial charge in [-0.1, -0.05) is 62.9 Å². The number of thioether (sulfide) groups is 1. The van der Waals surface area contributed by atoms with Gasteiger partial charge in [-0.25, -0.2) is 14.6 Å². The molecule has 2 N–H and O–H groups in total. The average molecular weight is 449 g/mol. The molecule has 0 aliphatic rings. The summed E-state index contributed by atoms with van der Waals surface area (Å²) >= 11 is 1.63. The van der Waals surface area contributed by atoms with Crippen molar-refractivity contribution in [3.8, 4) is 0 Å². The maximum Gasteiger partial charge on any atom is 0.251 e. The second-order valence-corrected chi connectivity index (χ2v) is 9.41. The van der Waals surface area contributed by atoms with Gasteiger partial charge < -0.3 is 10.6 Å². The van der Waals surface area contributed by atoms with Crippen LogP contribution in [0.2, 0.25) is 0 Å². The summed E-state index contributed by atoms with van der Waals surface area (Å²) in [7, 11) is 0. The summed E-state index contributed by atoms with van der Waals surface area (Å²) in [6.07, 6.45) is 2.80. The van der Waals surface area contributed by atoms with Crippen LogP contribution in [0.1, 0.15) is 37.6 Å². The van der Waals surface area contributed by atoms with Crippen LogP contribution in [0.25, 0.3) is 21.8 Å². The number of carbonyl (C=O) groups is 1. The zero-order valence-corrected chi connectivity index (χ0v) is 19.4. The number of fused-ring (bicyclic) bond motifs is 2. The van der Waals surface area contributed by atoms with Crippen molar-refractivity contribution in [1.82, 2.24) is 25.1 Å². The van der Waals surface area contributed by atoms with Crippen molar-refractivity contribution in [3.63, 3.8) is 0 Å². The molecule has 166 valence electrons. The Morgan fingerprint density at radius 1 is 1.09 bits per heavy atom. The molecule has 0 aliphatic carbocycles. The van der Waals surface area contributed by atoms with E-state index >= 15 is 0 Å². The Kier molecular flexibility index (Phi) is 6.90. The minimum Gasteiger partial charge on any atom is -0.369 e. The van der Waals surface area contributed by atoms with Crippen LogP contribution >= 0.6 is 11.8 Å². The monoisotopic (exact) mass is 448 g/mol. The van der Waals surface area contributed by atoms with Gasteiger partial charge in [0.05, 0.1) is 18.1 Å². The molecule has 2 aromatic heterocycles. The van der Waals surface area contributed by atoms with Gasteiger partial charge in [0, 0.05) is 23.9 Å². The fraction of sp³-hybridized carbons (Fsp3) is 0.333. The first-order valence-corrected chi connectivity index (χ1v) is 11.8. The molecule has 2 heterocycles. The smallest absolute Gasteiger partial charge is 0.251 e. The van der Waals surface area contributed by atoms with E-state index in [0.717, 1.165) is 45.7 Å². The maximum absolute atomic E-state index is 12.6. The topological polar surface area (TPSA) is 84.7 Å². The van der Waals surface area contributed by atoms with Crippen molar-refractivity contribution in [3.05, 3.63) is 54.2 Å². The number of hydrogen-bond donors (Lipinski definition) is 2. The largest absolute Gasteiger partial charge is 0.369 e. The molecule has 0 aliphatic heterocycles. The lowest BCUT2D eigenvalue weighted by molar-refractivity contribution is 0.0952. The quantitative estimate of drug-likeness (QED) is 0.284. The SMILES string of the molecule is CCCNc1nc(SC(C)C)nc2c1cnn2CCNC(=O)c1ccc2ccccc2c1. The normalized spacial score (nSPS) is 11.4. The molecule has 0 saturated heterocycles. The predicted octanol–water partition coefficient (Wildman–Crippen LogP) is 4.73. The zero-order valence-electron chi connectivity index (χ0n) is 18.6. The van der Waals surface area contributed by atoms with Crippen molar-refractivity contribution < 1.29 is 4.79 Å². The van der Waals surface area contributed by atoms with Crippen molar-refractivity contribution in [2.24, 2.45) is 0 Å². The van der Waals surface area contributed by atoms with Gasteiger partial charge in [-0.2, -0.15) is 5.10 Å². The van der Waals surface area contributed by atoms with Crippen molar-refractivity contribution in [2.75, 3.05) is 18.4 Å². The third-order valence-electron chi connectivity index (χ3n) is 4.98. The summed E-state index contributed by atoms with van der Waals surface area (Å²) in [6.45, 7) is 8.19. The van der Waals surface area contributed by atoms with E-state index in [9.17, 15) is 4.79 Å². The first kappa shape index (κ1) is 22.1. The lowest BCUT2D eigenvalue weighted by Crippen LogP contribution is -2.27. The number of anilines is 1. The molecule has 0 fully saturated rings. The van der Waals surface area contributed by atoms with E-state index in [0.29, 0.717) is 23.9 Å². The Morgan fingerprint density at radius 2 is 1.91 bits per heavy atom. The fourth-order valence-electron chi connectivity index (χ4n) is 3.45. The minimum absolute atomic E-state index is 0.0943. The minimum atomic E-state index is -0.0943. The number of hydrogen-bond acceptors (Lipinski definition) is 6. The summed E-state index contributed by atoms with van der Waals surface area (Å²) in [4.78, 5) is 22.1. The molecule has 0 saturated carbocycles. The molecule has 2 aromatic carbocycles. The second kappa shape index (κ2) is 9.99. The standard InChI is InChI=1S/C24H28N6OS/c1-4-11-25-21-20-15-27-30(22(20)29-24(28-21)32-16(2)3)13-12-26-23(31)19-10-9-17-7-5-6-8-18(17)14-19/h5-10,14-16H,4,11-13H2,1-3H3,(H,26,31)(H,25,28,29). The molecule has 0 bridgehead atoms. The van der Waals surface area contributed by atoms with Crippen LogP contribution in [0.4, 0.5) is 5.82 Å².